The van der Waals surface area contributed by atoms with E-state index >= 15 is 0 Å². The summed E-state index contributed by atoms with van der Waals surface area (Å²) in [6, 6.07) is -0.740. The molecule has 0 aliphatic heterocycles. The van der Waals surface area contributed by atoms with Crippen molar-refractivity contribution in [3.63, 3.8) is 0 Å². The van der Waals surface area contributed by atoms with Gasteiger partial charge in [-0.15, -0.1) is 0 Å². The summed E-state index contributed by atoms with van der Waals surface area (Å²) in [6.45, 7) is 10.5. The Morgan fingerprint density at radius 1 is 0.415 bits per heavy atom. The molecule has 0 heterocycles. The fourth-order valence-corrected chi connectivity index (χ4v) is 9.13. The molecule has 0 radical (unpaired) electrons. The molecule has 0 aromatic rings. The lowest BCUT2D eigenvalue weighted by atomic mass is 10.0. The van der Waals surface area contributed by atoms with Crippen molar-refractivity contribution in [2.75, 3.05) is 143 Å². The van der Waals surface area contributed by atoms with Gasteiger partial charge in [0.05, 0.1) is 82.2 Å². The molecule has 1 N–H and O–H groups in total. The van der Waals surface area contributed by atoms with Gasteiger partial charge in [-0.25, -0.2) is 0 Å². The van der Waals surface area contributed by atoms with Crippen LogP contribution in [-0.4, -0.2) is 290 Å². The van der Waals surface area contributed by atoms with Crippen molar-refractivity contribution in [1.29, 1.82) is 0 Å². The van der Waals surface area contributed by atoms with Crippen LogP contribution in [0.4, 0.5) is 0 Å². The number of nitrogens with one attached hydrogen (secondary N) is 1. The Morgan fingerprint density at radius 3 is 1.00 bits per heavy atom. The number of Topliss-reactive ketones (excluding diaryl/α,β-unsaturated/α-hetero) is 2. The molecule has 0 aromatic heterocycles. The van der Waals surface area contributed by atoms with Crippen LogP contribution in [0.5, 0.6) is 0 Å². The number of ketones is 2. The lowest BCUT2D eigenvalue weighted by Gasteiger charge is -2.27. The molecule has 28 heteroatoms. The Kier molecular flexibility index (Phi) is 35.8. The molecule has 0 saturated carbocycles. The quantitative estimate of drug-likeness (QED) is 0.0648. The number of esters is 1. The van der Waals surface area contributed by atoms with E-state index in [-0.39, 0.29) is 85.2 Å². The van der Waals surface area contributed by atoms with E-state index in [4.69, 9.17) is 4.74 Å². The van der Waals surface area contributed by atoms with Gasteiger partial charge in [-0.1, -0.05) is 63.6 Å². The Bertz CT molecular complexity index is 2250. The summed E-state index contributed by atoms with van der Waals surface area (Å²) in [4.78, 5) is 189. The number of hydrogen-bond acceptors (Lipinski definition) is 17. The lowest BCUT2D eigenvalue weighted by Crippen LogP contribution is -2.49. The average molecular weight is 1200 g/mol. The maximum atomic E-state index is 13.0. The molecular formula is C54H95N11O15S2. The van der Waals surface area contributed by atoms with Crippen LogP contribution >= 0.6 is 21.6 Å². The molecule has 11 amide bonds. The Balaban J connectivity index is 0. The molecule has 0 bridgehead atoms. The molecular weight excluding hydrogens is 1110 g/mol. The Hall–Kier alpha value is -6.32. The van der Waals surface area contributed by atoms with Gasteiger partial charge in [-0.2, -0.15) is 0 Å². The molecule has 0 aromatic carbocycles. The predicted molar refractivity (Wildman–Crippen MR) is 313 cm³/mol. The zero-order valence-electron chi connectivity index (χ0n) is 51.0. The summed E-state index contributed by atoms with van der Waals surface area (Å²) in [5, 5.41) is 2.71. The molecule has 82 heavy (non-hydrogen) atoms. The normalized spacial score (nSPS) is 11.7. The van der Waals surface area contributed by atoms with Crippen LogP contribution in [0.15, 0.2) is 0 Å². The smallest absolute Gasteiger partial charge is 0.308 e. The topological polar surface area (TPSA) is 293 Å². The van der Waals surface area contributed by atoms with Gasteiger partial charge in [0.25, 0.3) is 0 Å². The lowest BCUT2D eigenvalue weighted by molar-refractivity contribution is -0.148. The number of likely N-dealkylation sites (N-methyl/N-ethyl adjacent to an activating group) is 10. The highest BCUT2D eigenvalue weighted by atomic mass is 33.1. The van der Waals surface area contributed by atoms with E-state index in [1.165, 1.54) is 75.4 Å². The Labute approximate surface area is 493 Å². The summed E-state index contributed by atoms with van der Waals surface area (Å²) >= 11 is 0. The minimum Gasteiger partial charge on any atom is -0.464 e. The van der Waals surface area contributed by atoms with Crippen LogP contribution in [0, 0.1) is 11.8 Å². The highest BCUT2D eigenvalue weighted by Crippen LogP contribution is 2.40. The molecule has 2 atom stereocenters. The van der Waals surface area contributed by atoms with Crippen molar-refractivity contribution in [1.82, 2.24) is 54.3 Å². The summed E-state index contributed by atoms with van der Waals surface area (Å²) < 4.78 is 5.07. The highest BCUT2D eigenvalue weighted by molar-refractivity contribution is 8.77. The predicted octanol–water partition coefficient (Wildman–Crippen LogP) is 0.204. The van der Waals surface area contributed by atoms with Crippen LogP contribution in [-0.2, 0) is 71.9 Å². The first kappa shape index (κ1) is 77.7. The van der Waals surface area contributed by atoms with Crippen LogP contribution in [0.3, 0.4) is 0 Å². The van der Waals surface area contributed by atoms with Gasteiger partial charge >= 0.3 is 5.97 Å². The zero-order valence-corrected chi connectivity index (χ0v) is 52.7. The zero-order chi connectivity index (χ0) is 62.8. The number of ether oxygens (including phenoxy) is 1. The molecule has 468 valence electrons. The van der Waals surface area contributed by atoms with Crippen LogP contribution in [0.2, 0.25) is 0 Å². The van der Waals surface area contributed by atoms with Crippen molar-refractivity contribution in [2.24, 2.45) is 11.8 Å². The number of carbonyl (C=O) groups is 14. The molecule has 0 rings (SSSR count). The van der Waals surface area contributed by atoms with E-state index in [0.717, 1.165) is 44.1 Å². The third kappa shape index (κ3) is 30.7. The second-order valence-electron chi connectivity index (χ2n) is 21.8. The fraction of sp³-hybridized carbons (Fsp3) is 0.741. The van der Waals surface area contributed by atoms with Gasteiger partial charge in [0.15, 0.2) is 5.78 Å². The third-order valence-corrected chi connectivity index (χ3v) is 16.4. The first-order valence-corrected chi connectivity index (χ1v) is 28.8. The van der Waals surface area contributed by atoms with E-state index in [0.29, 0.717) is 19.3 Å². The van der Waals surface area contributed by atoms with E-state index in [9.17, 15) is 67.1 Å². The van der Waals surface area contributed by atoms with Gasteiger partial charge in [0.1, 0.15) is 12.4 Å². The van der Waals surface area contributed by atoms with Crippen LogP contribution < -0.4 is 5.32 Å². The second kappa shape index (κ2) is 37.7. The summed E-state index contributed by atoms with van der Waals surface area (Å²) in [5.74, 6) is -7.28. The monoisotopic (exact) mass is 1200 g/mol. The molecule has 0 aliphatic carbocycles. The second-order valence-corrected chi connectivity index (χ2v) is 25.1. The minimum absolute atomic E-state index is 0. The van der Waals surface area contributed by atoms with Gasteiger partial charge in [0.2, 0.25) is 65.0 Å². The summed E-state index contributed by atoms with van der Waals surface area (Å²) in [5.41, 5.74) is 0. The largest absolute Gasteiger partial charge is 0.464 e. The van der Waals surface area contributed by atoms with Gasteiger partial charge in [0, 0.05) is 101 Å². The first-order valence-electron chi connectivity index (χ1n) is 26.6. The Morgan fingerprint density at radius 2 is 0.707 bits per heavy atom. The van der Waals surface area contributed by atoms with Crippen LogP contribution in [0.1, 0.15) is 94.9 Å². The van der Waals surface area contributed by atoms with E-state index in [1.807, 2.05) is 20.8 Å². The summed E-state index contributed by atoms with van der Waals surface area (Å²) in [6.07, 6.45) is 1.57. The third-order valence-electron chi connectivity index (χ3n) is 12.5. The van der Waals surface area contributed by atoms with Crippen LogP contribution in [0.25, 0.3) is 0 Å². The van der Waals surface area contributed by atoms with Crippen molar-refractivity contribution < 1.29 is 71.9 Å². The number of rotatable bonds is 36. The van der Waals surface area contributed by atoms with Crippen molar-refractivity contribution in [2.45, 2.75) is 111 Å². The molecule has 26 nitrogen and oxygen atoms in total. The molecule has 0 aliphatic rings. The number of nitrogens with zero attached hydrogens (tertiary/aromatic N) is 10. The fourth-order valence-electron chi connectivity index (χ4n) is 6.68. The average Bonchev–Trinajstić information content (AvgIpc) is 3.37. The van der Waals surface area contributed by atoms with Gasteiger partial charge in [-0.05, 0) is 33.6 Å². The summed E-state index contributed by atoms with van der Waals surface area (Å²) in [7, 11) is 16.7. The van der Waals surface area contributed by atoms with Crippen molar-refractivity contribution >= 4 is 104 Å². The maximum Gasteiger partial charge on any atom is 0.308 e. The van der Waals surface area contributed by atoms with Crippen molar-refractivity contribution in [3.05, 3.63) is 0 Å². The first-order chi connectivity index (χ1) is 37.3. The maximum absolute atomic E-state index is 13.0. The van der Waals surface area contributed by atoms with E-state index in [2.05, 4.69) is 5.32 Å². The molecule has 1 unspecified atom stereocenters. The molecule has 0 saturated heterocycles. The molecule has 0 spiro atoms. The number of amides is 11. The van der Waals surface area contributed by atoms with E-state index in [1.54, 1.807) is 56.2 Å². The number of carbonyl (C=O) groups excluding carboxylic acids is 14. The standard InChI is InChI=1S/C53H91N11O15S2.CH4/c1-35(2)51(77)38(6)54-40(66)24-55(9)42(68)26-57(11)44(70)28-59(13)46(72)30-61(15)48(74)32-63(17)50(76)33-64(18)49(75)31-62(16)47(73)29-60(14)45(71)27-58(12)43(69)25-56(10)41(67)21-19-20-39(65)23-22-37(5)80-81-53(7,8)34-79-52(78)36(3)4;/h35-38H,19-34H2,1-18H3,(H,54,66);1H4/t37?,38-;/m0./s1. The van der Waals surface area contributed by atoms with Gasteiger partial charge in [-0.3, -0.25) is 67.1 Å². The minimum atomic E-state index is -0.740. The highest BCUT2D eigenvalue weighted by Gasteiger charge is 2.28. The van der Waals surface area contributed by atoms with Gasteiger partial charge < -0.3 is 59.1 Å². The molecule has 0 fully saturated rings. The number of hydrogen-bond donors (Lipinski definition) is 1. The van der Waals surface area contributed by atoms with Crippen molar-refractivity contribution in [3.8, 4) is 0 Å². The van der Waals surface area contributed by atoms with E-state index < -0.39 is 117 Å². The SMILES string of the molecule is C.CC(CCC(=O)CCCC(=O)N(C)CC(=O)N(C)CC(=O)N(C)CC(=O)N(C)CC(=O)N(C)CC(=O)N(C)CC(=O)N(C)CC(=O)N(C)CC(=O)N(C)CC(=O)N(C)CC(=O)N[C@@H](C)C(=O)C(C)C)SSC(C)(C)COC(=O)C(C)C.